The molecule has 33 heavy (non-hydrogen) atoms. The number of nitrogens with zero attached hydrogens (tertiary/aromatic N) is 2. The van der Waals surface area contributed by atoms with E-state index in [0.717, 1.165) is 34.6 Å². The molecule has 4 aromatic heterocycles. The molecular weight excluding hydrogens is 434 g/mol. The van der Waals surface area contributed by atoms with E-state index in [4.69, 9.17) is 21.0 Å². The van der Waals surface area contributed by atoms with Gasteiger partial charge < -0.3 is 9.40 Å². The van der Waals surface area contributed by atoms with E-state index in [0.29, 0.717) is 34.1 Å². The minimum Gasteiger partial charge on any atom is -0.460 e. The van der Waals surface area contributed by atoms with Crippen molar-refractivity contribution in [1.29, 1.82) is 0 Å². The monoisotopic (exact) mass is 455 g/mol. The Hall–Kier alpha value is -3.70. The lowest BCUT2D eigenvalue weighted by Gasteiger charge is -2.11. The van der Waals surface area contributed by atoms with Crippen molar-refractivity contribution in [3.05, 3.63) is 105 Å². The summed E-state index contributed by atoms with van der Waals surface area (Å²) >= 11 is 6.25. The molecule has 0 saturated heterocycles. The number of nitrogens with one attached hydrogen (secondary N) is 1. The van der Waals surface area contributed by atoms with Gasteiger partial charge in [-0.15, -0.1) is 0 Å². The first-order valence-electron chi connectivity index (χ1n) is 10.8. The number of H-pyrrole nitrogens is 1. The van der Waals surface area contributed by atoms with Crippen molar-refractivity contribution in [2.45, 2.75) is 26.7 Å². The van der Waals surface area contributed by atoms with E-state index in [-0.39, 0.29) is 5.43 Å². The molecule has 5 nitrogen and oxygen atoms in total. The van der Waals surface area contributed by atoms with Crippen LogP contribution < -0.4 is 5.43 Å². The summed E-state index contributed by atoms with van der Waals surface area (Å²) in [5.41, 5.74) is 5.45. The fourth-order valence-electron chi connectivity index (χ4n) is 4.05. The third-order valence-electron chi connectivity index (χ3n) is 5.67. The number of furan rings is 1. The van der Waals surface area contributed by atoms with Crippen molar-refractivity contribution in [2.24, 2.45) is 0 Å². The molecule has 0 unspecified atom stereocenters. The summed E-state index contributed by atoms with van der Waals surface area (Å²) in [6.45, 7) is 3.77. The van der Waals surface area contributed by atoms with Crippen LogP contribution in [0.1, 0.15) is 22.6 Å². The Bertz CT molecular complexity index is 1500. The van der Waals surface area contributed by atoms with E-state index in [1.807, 2.05) is 56.3 Å². The molecule has 0 atom stereocenters. The van der Waals surface area contributed by atoms with E-state index < -0.39 is 0 Å². The average molecular weight is 456 g/mol. The standard InChI is InChI=1S/C27H22ClN3O2/c1-16-12-20(13-24(28)30-16)21-14-22-26(32)19(10-9-18-6-4-3-5-7-18)15-29-27(22)31-25(21)23-11-8-17(2)33-23/h3-8,11-15H,9-10H2,1-2H3,(H,29,31,32). The third kappa shape index (κ3) is 4.32. The molecule has 0 bridgehead atoms. The molecule has 164 valence electrons. The number of aromatic amines is 1. The van der Waals surface area contributed by atoms with Gasteiger partial charge in [0.2, 0.25) is 0 Å². The fraction of sp³-hybridized carbons (Fsp3) is 0.148. The zero-order chi connectivity index (χ0) is 22.9. The van der Waals surface area contributed by atoms with Crippen LogP contribution in [0.3, 0.4) is 0 Å². The number of halogens is 1. The van der Waals surface area contributed by atoms with Crippen LogP contribution in [0.15, 0.2) is 76.1 Å². The molecular formula is C27H22ClN3O2. The topological polar surface area (TPSA) is 71.8 Å². The molecule has 0 aliphatic carbocycles. The second-order valence-electron chi connectivity index (χ2n) is 8.14. The van der Waals surface area contributed by atoms with Crippen LogP contribution >= 0.6 is 11.6 Å². The summed E-state index contributed by atoms with van der Waals surface area (Å²) in [6, 6.07) is 19.5. The highest BCUT2D eigenvalue weighted by atomic mass is 35.5. The van der Waals surface area contributed by atoms with Crippen molar-refractivity contribution in [1.82, 2.24) is 15.0 Å². The van der Waals surface area contributed by atoms with Crippen LogP contribution in [0.2, 0.25) is 5.15 Å². The first-order valence-corrected chi connectivity index (χ1v) is 11.2. The number of aromatic nitrogens is 3. The molecule has 1 N–H and O–H groups in total. The molecule has 0 amide bonds. The number of pyridine rings is 3. The van der Waals surface area contributed by atoms with Gasteiger partial charge in [-0.2, -0.15) is 0 Å². The van der Waals surface area contributed by atoms with Gasteiger partial charge in [0.25, 0.3) is 0 Å². The normalized spacial score (nSPS) is 11.2. The molecule has 0 saturated carbocycles. The number of fused-ring (bicyclic) bond motifs is 1. The van der Waals surface area contributed by atoms with Crippen molar-refractivity contribution in [2.75, 3.05) is 0 Å². The minimum atomic E-state index is -0.0209. The van der Waals surface area contributed by atoms with Gasteiger partial charge >= 0.3 is 0 Å². The lowest BCUT2D eigenvalue weighted by atomic mass is 9.99. The van der Waals surface area contributed by atoms with Gasteiger partial charge in [-0.1, -0.05) is 41.9 Å². The van der Waals surface area contributed by atoms with E-state index in [9.17, 15) is 4.79 Å². The van der Waals surface area contributed by atoms with Crippen molar-refractivity contribution < 1.29 is 4.42 Å². The maximum atomic E-state index is 13.4. The summed E-state index contributed by atoms with van der Waals surface area (Å²) in [4.78, 5) is 25.7. The smallest absolute Gasteiger partial charge is 0.194 e. The van der Waals surface area contributed by atoms with Crippen LogP contribution in [0, 0.1) is 13.8 Å². The molecule has 6 heteroatoms. The number of rotatable bonds is 5. The molecule has 1 aromatic carbocycles. The van der Waals surface area contributed by atoms with Gasteiger partial charge in [0.15, 0.2) is 11.2 Å². The summed E-state index contributed by atoms with van der Waals surface area (Å²) < 4.78 is 5.88. The van der Waals surface area contributed by atoms with Gasteiger partial charge in [-0.25, -0.2) is 9.97 Å². The first-order chi connectivity index (χ1) is 16.0. The number of aryl methyl sites for hydroxylation is 4. The van der Waals surface area contributed by atoms with E-state index in [2.05, 4.69) is 22.1 Å². The highest BCUT2D eigenvalue weighted by Crippen LogP contribution is 2.34. The Morgan fingerprint density at radius 3 is 2.52 bits per heavy atom. The van der Waals surface area contributed by atoms with Crippen molar-refractivity contribution >= 4 is 22.6 Å². The van der Waals surface area contributed by atoms with E-state index in [1.54, 1.807) is 12.3 Å². The lowest BCUT2D eigenvalue weighted by Crippen LogP contribution is -2.12. The fourth-order valence-corrected chi connectivity index (χ4v) is 4.30. The van der Waals surface area contributed by atoms with Crippen LogP contribution in [0.25, 0.3) is 33.6 Å². The zero-order valence-corrected chi connectivity index (χ0v) is 19.1. The summed E-state index contributed by atoms with van der Waals surface area (Å²) in [5.74, 6) is 1.41. The number of benzene rings is 1. The maximum absolute atomic E-state index is 13.4. The molecule has 0 aliphatic rings. The third-order valence-corrected chi connectivity index (χ3v) is 5.87. The van der Waals surface area contributed by atoms with Crippen LogP contribution in [0.5, 0.6) is 0 Å². The summed E-state index contributed by atoms with van der Waals surface area (Å²) in [6.07, 6.45) is 3.20. The minimum absolute atomic E-state index is 0.0209. The quantitative estimate of drug-likeness (QED) is 0.315. The Labute approximate surface area is 196 Å². The van der Waals surface area contributed by atoms with Crippen molar-refractivity contribution in [3.8, 4) is 22.6 Å². The largest absolute Gasteiger partial charge is 0.460 e. The molecule has 5 aromatic rings. The Morgan fingerprint density at radius 2 is 1.79 bits per heavy atom. The van der Waals surface area contributed by atoms with Gasteiger partial charge in [-0.05, 0) is 68.1 Å². The lowest BCUT2D eigenvalue weighted by molar-refractivity contribution is 0.547. The molecule has 0 radical (unpaired) electrons. The van der Waals surface area contributed by atoms with Gasteiger partial charge in [-0.3, -0.25) is 4.79 Å². The van der Waals surface area contributed by atoms with Gasteiger partial charge in [0, 0.05) is 23.0 Å². The second kappa shape index (κ2) is 8.68. The van der Waals surface area contributed by atoms with Crippen LogP contribution in [-0.4, -0.2) is 15.0 Å². The van der Waals surface area contributed by atoms with Crippen LogP contribution in [0.4, 0.5) is 0 Å². The highest BCUT2D eigenvalue weighted by Gasteiger charge is 2.18. The van der Waals surface area contributed by atoms with E-state index >= 15 is 0 Å². The Kier molecular flexibility index (Phi) is 5.56. The molecule has 4 heterocycles. The SMILES string of the molecule is Cc1cc(-c2cc3c(=O)c(CCc4ccccc4)c[nH]c3nc2-c2ccc(C)o2)cc(Cl)n1. The molecule has 0 spiro atoms. The molecule has 0 aliphatic heterocycles. The maximum Gasteiger partial charge on any atom is 0.194 e. The average Bonchev–Trinajstić information content (AvgIpc) is 3.24. The first kappa shape index (κ1) is 21.2. The Morgan fingerprint density at radius 1 is 0.970 bits per heavy atom. The summed E-state index contributed by atoms with van der Waals surface area (Å²) in [7, 11) is 0. The number of hydrogen-bond acceptors (Lipinski definition) is 4. The van der Waals surface area contributed by atoms with Crippen LogP contribution in [-0.2, 0) is 12.8 Å². The van der Waals surface area contributed by atoms with E-state index in [1.165, 1.54) is 5.56 Å². The number of hydrogen-bond donors (Lipinski definition) is 1. The van der Waals surface area contributed by atoms with Crippen molar-refractivity contribution in [3.63, 3.8) is 0 Å². The summed E-state index contributed by atoms with van der Waals surface area (Å²) in [5, 5.41) is 0.922. The predicted octanol–water partition coefficient (Wildman–Crippen LogP) is 6.30. The highest BCUT2D eigenvalue weighted by molar-refractivity contribution is 6.29. The predicted molar refractivity (Wildman–Crippen MR) is 132 cm³/mol. The molecule has 0 fully saturated rings. The van der Waals surface area contributed by atoms with Gasteiger partial charge in [0.05, 0.1) is 5.39 Å². The second-order valence-corrected chi connectivity index (χ2v) is 8.53. The molecule has 5 rings (SSSR count). The Balaban J connectivity index is 1.66. The zero-order valence-electron chi connectivity index (χ0n) is 18.4. The van der Waals surface area contributed by atoms with Gasteiger partial charge in [0.1, 0.15) is 22.3 Å².